The Morgan fingerprint density at radius 1 is 1.20 bits per heavy atom. The summed E-state index contributed by atoms with van der Waals surface area (Å²) in [6, 6.07) is 12.0. The molecular weight excluding hydrogens is 371 g/mol. The number of halogens is 4. The molecule has 0 N–H and O–H groups in total. The van der Waals surface area contributed by atoms with Gasteiger partial charge in [0.05, 0.1) is 29.2 Å². The van der Waals surface area contributed by atoms with Gasteiger partial charge < -0.3 is 9.30 Å². The molecule has 0 saturated heterocycles. The first-order valence-electron chi connectivity index (χ1n) is 7.21. The van der Waals surface area contributed by atoms with Gasteiger partial charge in [-0.05, 0) is 42.0 Å². The van der Waals surface area contributed by atoms with E-state index in [1.165, 1.54) is 0 Å². The van der Waals surface area contributed by atoms with Crippen molar-refractivity contribution in [2.45, 2.75) is 19.8 Å². The Hall–Kier alpha value is -2.20. The molecule has 0 aliphatic heterocycles. The third-order valence-corrected chi connectivity index (χ3v) is 4.23. The summed E-state index contributed by atoms with van der Waals surface area (Å²) in [5.41, 5.74) is 2.34. The van der Waals surface area contributed by atoms with Gasteiger partial charge in [0.1, 0.15) is 12.4 Å². The first kappa shape index (κ1) is 17.6. The number of hydrogen-bond donors (Lipinski definition) is 0. The fourth-order valence-electron chi connectivity index (χ4n) is 2.50. The number of aromatic nitrogens is 2. The highest BCUT2D eigenvalue weighted by Crippen LogP contribution is 2.25. The van der Waals surface area contributed by atoms with Crippen LogP contribution in [0.25, 0.3) is 11.0 Å². The van der Waals surface area contributed by atoms with Crippen LogP contribution in [-0.4, -0.2) is 16.2 Å². The van der Waals surface area contributed by atoms with Crippen LogP contribution >= 0.6 is 23.2 Å². The molecule has 0 radical (unpaired) electrons. The lowest BCUT2D eigenvalue weighted by Crippen LogP contribution is -2.09. The molecule has 25 heavy (non-hydrogen) atoms. The Morgan fingerprint density at radius 3 is 2.72 bits per heavy atom. The van der Waals surface area contributed by atoms with Crippen molar-refractivity contribution < 1.29 is 13.5 Å². The van der Waals surface area contributed by atoms with Crippen molar-refractivity contribution in [1.29, 1.82) is 5.26 Å². The van der Waals surface area contributed by atoms with E-state index < -0.39 is 6.61 Å². The Balaban J connectivity index is 2.10. The maximum Gasteiger partial charge on any atom is 0.345 e. The summed E-state index contributed by atoms with van der Waals surface area (Å²) in [7, 11) is 0. The summed E-state index contributed by atoms with van der Waals surface area (Å²) in [6.45, 7) is -3.02. The molecule has 1 aromatic heterocycles. The molecule has 0 bridgehead atoms. The van der Waals surface area contributed by atoms with Crippen LogP contribution in [0.15, 0.2) is 36.4 Å². The zero-order chi connectivity index (χ0) is 18.0. The van der Waals surface area contributed by atoms with E-state index in [1.54, 1.807) is 41.0 Å². The minimum atomic E-state index is -2.90. The Kier molecular flexibility index (Phi) is 5.19. The summed E-state index contributed by atoms with van der Waals surface area (Å²) in [5.74, 6) is 0.307. The van der Waals surface area contributed by atoms with Gasteiger partial charge in [-0.2, -0.15) is 14.0 Å². The topological polar surface area (TPSA) is 50.8 Å². The molecule has 0 aliphatic carbocycles. The van der Waals surface area contributed by atoms with E-state index in [2.05, 4.69) is 15.8 Å². The molecule has 0 amide bonds. The standard InChI is InChI=1S/C17H11Cl2F2N3O/c18-12-2-3-13(19)11(6-12)8-24-15-5-10(7-22)1-4-14(15)23-16(24)9-25-17(20)21/h1-6,17H,8-9H2. The molecule has 3 aromatic rings. The first-order chi connectivity index (χ1) is 12.0. The van der Waals surface area contributed by atoms with Crippen LogP contribution in [0.2, 0.25) is 10.0 Å². The van der Waals surface area contributed by atoms with Crippen LogP contribution < -0.4 is 0 Å². The average molecular weight is 382 g/mol. The normalized spacial score (nSPS) is 11.2. The molecule has 8 heteroatoms. The number of hydrogen-bond acceptors (Lipinski definition) is 3. The maximum absolute atomic E-state index is 12.4. The van der Waals surface area contributed by atoms with Crippen LogP contribution in [0.1, 0.15) is 17.0 Å². The number of nitriles is 1. The summed E-state index contributed by atoms with van der Waals surface area (Å²) in [4.78, 5) is 4.33. The number of nitrogens with zero attached hydrogens (tertiary/aromatic N) is 3. The highest BCUT2D eigenvalue weighted by Gasteiger charge is 2.15. The van der Waals surface area contributed by atoms with Crippen LogP contribution in [0.5, 0.6) is 0 Å². The monoisotopic (exact) mass is 381 g/mol. The van der Waals surface area contributed by atoms with E-state index in [0.717, 1.165) is 0 Å². The maximum atomic E-state index is 12.4. The number of imidazole rings is 1. The molecule has 1 heterocycles. The average Bonchev–Trinajstić information content (AvgIpc) is 2.93. The van der Waals surface area contributed by atoms with Crippen molar-refractivity contribution >= 4 is 34.2 Å². The Labute approximate surface area is 152 Å². The van der Waals surface area contributed by atoms with Crippen molar-refractivity contribution in [2.24, 2.45) is 0 Å². The number of benzene rings is 2. The van der Waals surface area contributed by atoms with Gasteiger partial charge in [0.2, 0.25) is 0 Å². The molecule has 0 aliphatic rings. The first-order valence-corrected chi connectivity index (χ1v) is 7.96. The number of rotatable bonds is 5. The van der Waals surface area contributed by atoms with Crippen molar-refractivity contribution in [2.75, 3.05) is 0 Å². The summed E-state index contributed by atoms with van der Waals surface area (Å²) >= 11 is 12.2. The van der Waals surface area contributed by atoms with E-state index in [-0.39, 0.29) is 13.2 Å². The quantitative estimate of drug-likeness (QED) is 0.624. The van der Waals surface area contributed by atoms with Gasteiger partial charge in [-0.3, -0.25) is 0 Å². The second-order valence-electron chi connectivity index (χ2n) is 5.24. The van der Waals surface area contributed by atoms with E-state index in [1.807, 2.05) is 0 Å². The Morgan fingerprint density at radius 2 is 2.00 bits per heavy atom. The van der Waals surface area contributed by atoms with Gasteiger partial charge in [0.25, 0.3) is 0 Å². The molecule has 0 spiro atoms. The van der Waals surface area contributed by atoms with Gasteiger partial charge in [-0.1, -0.05) is 23.2 Å². The van der Waals surface area contributed by atoms with E-state index in [9.17, 15) is 8.78 Å². The SMILES string of the molecule is N#Cc1ccc2nc(COC(F)F)n(Cc3cc(Cl)ccc3Cl)c2c1. The van der Waals surface area contributed by atoms with E-state index in [0.29, 0.717) is 38.0 Å². The highest BCUT2D eigenvalue weighted by molar-refractivity contribution is 6.33. The molecule has 0 fully saturated rings. The molecule has 2 aromatic carbocycles. The third-order valence-electron chi connectivity index (χ3n) is 3.63. The lowest BCUT2D eigenvalue weighted by Gasteiger charge is -2.11. The molecular formula is C17H11Cl2F2N3O. The number of ether oxygens (including phenoxy) is 1. The largest absolute Gasteiger partial charge is 0.345 e. The summed E-state index contributed by atoms with van der Waals surface area (Å²) in [5, 5.41) is 10.1. The minimum Gasteiger partial charge on any atom is -0.321 e. The van der Waals surface area contributed by atoms with Crippen molar-refractivity contribution in [3.05, 3.63) is 63.4 Å². The molecule has 3 rings (SSSR count). The zero-order valence-corrected chi connectivity index (χ0v) is 14.2. The predicted octanol–water partition coefficient (Wildman–Crippen LogP) is 5.00. The summed E-state index contributed by atoms with van der Waals surface area (Å²) in [6.07, 6.45) is 0. The second-order valence-corrected chi connectivity index (χ2v) is 6.08. The van der Waals surface area contributed by atoms with Crippen LogP contribution in [0.4, 0.5) is 8.78 Å². The molecule has 0 saturated carbocycles. The number of fused-ring (bicyclic) bond motifs is 1. The molecule has 128 valence electrons. The third kappa shape index (κ3) is 3.90. The fraction of sp³-hybridized carbons (Fsp3) is 0.176. The minimum absolute atomic E-state index is 0.257. The van der Waals surface area contributed by atoms with Crippen molar-refractivity contribution in [1.82, 2.24) is 9.55 Å². The molecule has 4 nitrogen and oxygen atoms in total. The second kappa shape index (κ2) is 7.36. The van der Waals surface area contributed by atoms with Gasteiger partial charge in [-0.25, -0.2) is 4.98 Å². The fourth-order valence-corrected chi connectivity index (χ4v) is 2.87. The molecule has 0 unspecified atom stereocenters. The Bertz CT molecular complexity index is 966. The highest BCUT2D eigenvalue weighted by atomic mass is 35.5. The van der Waals surface area contributed by atoms with Crippen molar-refractivity contribution in [3.63, 3.8) is 0 Å². The predicted molar refractivity (Wildman–Crippen MR) is 90.8 cm³/mol. The van der Waals surface area contributed by atoms with Crippen molar-refractivity contribution in [3.8, 4) is 6.07 Å². The van der Waals surface area contributed by atoms with Gasteiger partial charge in [0, 0.05) is 10.0 Å². The lowest BCUT2D eigenvalue weighted by atomic mass is 10.2. The smallest absolute Gasteiger partial charge is 0.321 e. The lowest BCUT2D eigenvalue weighted by molar-refractivity contribution is -0.139. The van der Waals surface area contributed by atoms with Gasteiger partial charge in [-0.15, -0.1) is 0 Å². The van der Waals surface area contributed by atoms with E-state index >= 15 is 0 Å². The van der Waals surface area contributed by atoms with Crippen LogP contribution in [-0.2, 0) is 17.9 Å². The zero-order valence-electron chi connectivity index (χ0n) is 12.7. The number of alkyl halides is 2. The van der Waals surface area contributed by atoms with Gasteiger partial charge >= 0.3 is 6.61 Å². The molecule has 0 atom stereocenters. The van der Waals surface area contributed by atoms with E-state index in [4.69, 9.17) is 28.5 Å². The summed E-state index contributed by atoms with van der Waals surface area (Å²) < 4.78 is 31.0. The van der Waals surface area contributed by atoms with Crippen LogP contribution in [0.3, 0.4) is 0 Å². The van der Waals surface area contributed by atoms with Crippen LogP contribution in [0, 0.1) is 11.3 Å². The van der Waals surface area contributed by atoms with Gasteiger partial charge in [0.15, 0.2) is 0 Å².